The van der Waals surface area contributed by atoms with E-state index in [1.807, 2.05) is 43.0 Å². The summed E-state index contributed by atoms with van der Waals surface area (Å²) in [5.74, 6) is 0.516. The number of carbonyl (C=O) groups is 1. The molecule has 23 nitrogen and oxygen atoms in total. The van der Waals surface area contributed by atoms with E-state index in [9.17, 15) is 51.3 Å². The third-order valence-corrected chi connectivity index (χ3v) is 36.5. The molecule has 2 aliphatic heterocycles. The molecule has 2 atom stereocenters. The molecule has 123 heavy (non-hydrogen) atoms. The zero-order chi connectivity index (χ0) is 89.4. The maximum atomic E-state index is 12.7. The zero-order valence-electron chi connectivity index (χ0n) is 66.7. The molecule has 0 spiro atoms. The molecule has 2 unspecified atom stereocenters. The molecule has 7 aromatic carbocycles. The molecule has 6 aliphatic carbocycles. The number of rotatable bonds is 16. The number of ether oxygens (including phenoxy) is 2. The Bertz CT molecular complexity index is 5810. The molecule has 8 fully saturated rings. The van der Waals surface area contributed by atoms with Crippen LogP contribution in [-0.2, 0) is 68.2 Å². The Morgan fingerprint density at radius 3 is 1.32 bits per heavy atom. The van der Waals surface area contributed by atoms with E-state index in [0.29, 0.717) is 78.0 Å². The van der Waals surface area contributed by atoms with Crippen molar-refractivity contribution in [2.24, 2.45) is 0 Å². The van der Waals surface area contributed by atoms with Crippen molar-refractivity contribution in [1.29, 1.82) is 0 Å². The van der Waals surface area contributed by atoms with Gasteiger partial charge in [0.05, 0.1) is 101 Å². The molecular formula is C86H90Cl7FN8O15S6. The number of thioether (sulfide) groups is 1. The second kappa shape index (κ2) is 46.4. The molecule has 656 valence electrons. The highest BCUT2D eigenvalue weighted by Gasteiger charge is 2.38. The number of halogens is 8. The van der Waals surface area contributed by atoms with Crippen molar-refractivity contribution in [3.8, 4) is 0 Å². The molecule has 16 rings (SSSR count). The first-order valence-electron chi connectivity index (χ1n) is 39.5. The maximum absolute atomic E-state index is 12.7. The number of nitrogens with zero attached hydrogens (tertiary/aromatic N) is 6. The minimum absolute atomic E-state index is 0.0282. The summed E-state index contributed by atoms with van der Waals surface area (Å²) in [6.45, 7) is 26.1. The van der Waals surface area contributed by atoms with Gasteiger partial charge in [-0.25, -0.2) is 66.0 Å². The van der Waals surface area contributed by atoms with Crippen LogP contribution in [0.1, 0.15) is 168 Å². The lowest BCUT2D eigenvalue weighted by atomic mass is 10.00. The highest BCUT2D eigenvalue weighted by atomic mass is 35.5. The molecule has 0 amide bonds. The number of nitrogen functional groups attached to an aromatic ring is 1. The second-order valence-corrected chi connectivity index (χ2v) is 45.2. The van der Waals surface area contributed by atoms with Crippen LogP contribution >= 0.6 is 93.0 Å². The van der Waals surface area contributed by atoms with Crippen LogP contribution in [0.15, 0.2) is 169 Å². The Morgan fingerprint density at radius 1 is 0.488 bits per heavy atom. The number of nitrogens with one attached hydrogen (secondary N) is 1. The molecule has 0 bridgehead atoms. The molecule has 3 N–H and O–H groups in total. The zero-order valence-corrected chi connectivity index (χ0v) is 76.9. The maximum Gasteiger partial charge on any atom is 0.373 e. The Morgan fingerprint density at radius 2 is 0.902 bits per heavy atom. The lowest BCUT2D eigenvalue weighted by Crippen LogP contribution is -2.32. The lowest BCUT2D eigenvalue weighted by molar-refractivity contribution is -0.191. The molecular weight excluding hydrogens is 1840 g/mol. The number of aromatic nitrogens is 2. The SMILES string of the molecule is Cc1cc(N2CCCOCC2c2ccc(S(=O)(=O)C3CCC3)cc2Cl)nc(N)n1.O=C=O.O=Cc1ccc(S(=O)(=O)C2CCC2)cc1Cl.O=S(=O)(c1ccc(C2COCCCN2)c(Cl)c1)C1CCC1.O=S(=O)(c1cccc(Cl)c1)C1CCC1.[C-]#[N+]c1ccc(F)cc1Cl.[C-]#[N+]c1ccc(S(=O)(=O)C2CCC2)cc1Cl.[C-]#[N+]c1ccc(SC2CCC2)cc1Cl. The van der Waals surface area contributed by atoms with Crippen LogP contribution in [-0.4, -0.2) is 136 Å². The number of hydrogen-bond donors (Lipinski definition) is 2. The smallest absolute Gasteiger partial charge is 0.373 e. The minimum atomic E-state index is -3.32. The van der Waals surface area contributed by atoms with Gasteiger partial charge in [-0.2, -0.15) is 14.6 Å². The Labute approximate surface area is 758 Å². The van der Waals surface area contributed by atoms with E-state index < -0.39 is 55.0 Å². The number of sulfone groups is 5. The van der Waals surface area contributed by atoms with Gasteiger partial charge in [0.25, 0.3) is 0 Å². The van der Waals surface area contributed by atoms with Gasteiger partial charge in [-0.05, 0) is 199 Å². The van der Waals surface area contributed by atoms with Crippen LogP contribution in [0.25, 0.3) is 14.5 Å². The summed E-state index contributed by atoms with van der Waals surface area (Å²) in [4.78, 5) is 49.7. The topological polar surface area (TPSA) is 321 Å². The first-order chi connectivity index (χ1) is 58.6. The third kappa shape index (κ3) is 26.7. The predicted molar refractivity (Wildman–Crippen MR) is 480 cm³/mol. The number of nitrogens with two attached hydrogens (primary N) is 1. The first-order valence-corrected chi connectivity index (χ1v) is 50.7. The van der Waals surface area contributed by atoms with Crippen LogP contribution < -0.4 is 16.0 Å². The quantitative estimate of drug-likeness (QED) is 0.0670. The standard InChI is InChI=1S/C20H25ClN4O3S.C15H20ClNO3S.C11H10ClNO2S.C11H10ClNS.C11H11ClO3S.C10H11ClO2S.C7H3ClFN.CO2/c1-13-10-19(24-20(22)23-13)25-8-3-9-28-12-18(25)16-7-6-15(11-17(16)21)29(26,27)14-4-2-5-14;16-14-9-12(21(18,19)11-3-1-4-11)5-6-13(14)15-10-20-8-2-7-17-15;1-13-11-6-5-9(7-10(11)12)16(14,15)8-3-2-4-8;1-13-11-6-5-9(7-10(11)12)14-8-3-2-4-8;12-11-6-10(5-4-8(11)7-13)16(14,15)9-2-1-3-9;11-8-3-1-6-10(7-8)14(12,13)9-4-2-5-9;1-10-7-3-2-5(9)4-6(7)8;2-1-3/h6-7,10-11,14,18H,2-5,8-9,12H2,1H3,(H2,22,23,24);5-6,9,11,15,17H,1-4,7-8,10H2;5-8H,2-4H2;5-8H,2-4H2;4-7,9H,1-3H2;1,3,6-7,9H,2,4-5H2;2-4H;. The van der Waals surface area contributed by atoms with Crippen LogP contribution in [0.5, 0.6) is 0 Å². The first kappa shape index (κ1) is 99.5. The Balaban J connectivity index is 0.000000166. The fourth-order valence-electron chi connectivity index (χ4n) is 13.3. The van der Waals surface area contributed by atoms with E-state index in [-0.39, 0.29) is 86.7 Å². The molecule has 6 saturated carbocycles. The van der Waals surface area contributed by atoms with Gasteiger partial charge in [-0.1, -0.05) is 168 Å². The Hall–Kier alpha value is -7.32. The number of hydrogen-bond acceptors (Lipinski definition) is 21. The highest BCUT2D eigenvalue weighted by Crippen LogP contribution is 2.43. The molecule has 37 heteroatoms. The summed E-state index contributed by atoms with van der Waals surface area (Å²) in [6.07, 6.45) is 19.0. The number of anilines is 2. The largest absolute Gasteiger partial charge is 0.379 e. The van der Waals surface area contributed by atoms with Crippen LogP contribution in [0.2, 0.25) is 35.2 Å². The van der Waals surface area contributed by atoms with Crippen molar-refractivity contribution >= 4 is 183 Å². The average molecular weight is 1940 g/mol. The Kier molecular flexibility index (Phi) is 37.5. The van der Waals surface area contributed by atoms with E-state index in [0.717, 1.165) is 157 Å². The minimum Gasteiger partial charge on any atom is -0.379 e. The summed E-state index contributed by atoms with van der Waals surface area (Å²) in [5, 5.41) is 5.46. The van der Waals surface area contributed by atoms with Gasteiger partial charge in [0.1, 0.15) is 11.6 Å². The van der Waals surface area contributed by atoms with E-state index >= 15 is 0 Å². The second-order valence-electron chi connectivity index (χ2n) is 29.8. The number of carbonyl (C=O) groups excluding carboxylic acids is 3. The number of benzene rings is 7. The van der Waals surface area contributed by atoms with Crippen LogP contribution in [0.3, 0.4) is 0 Å². The third-order valence-electron chi connectivity index (χ3n) is 21.8. The molecule has 8 aromatic rings. The fraction of sp³-hybridized carbons (Fsp3) is 0.407. The van der Waals surface area contributed by atoms with E-state index in [2.05, 4.69) is 34.7 Å². The summed E-state index contributed by atoms with van der Waals surface area (Å²) in [6, 6.07) is 36.3. The molecule has 8 aliphatic rings. The summed E-state index contributed by atoms with van der Waals surface area (Å²) in [7, 11) is -16.1. The molecule has 0 radical (unpaired) electrons. The van der Waals surface area contributed by atoms with Gasteiger partial charge in [-0.3, -0.25) is 4.79 Å². The van der Waals surface area contributed by atoms with Gasteiger partial charge >= 0.3 is 6.15 Å². The van der Waals surface area contributed by atoms with Gasteiger partial charge in [-0.15, -0.1) is 11.8 Å². The van der Waals surface area contributed by atoms with Crippen LogP contribution in [0.4, 0.5) is 33.2 Å². The van der Waals surface area contributed by atoms with Crippen molar-refractivity contribution in [2.75, 3.05) is 50.2 Å². The predicted octanol–water partition coefficient (Wildman–Crippen LogP) is 21.4. The highest BCUT2D eigenvalue weighted by molar-refractivity contribution is 8.00. The van der Waals surface area contributed by atoms with E-state index in [4.69, 9.17) is 126 Å². The summed E-state index contributed by atoms with van der Waals surface area (Å²) in [5.41, 5.74) is 9.79. The van der Waals surface area contributed by atoms with Crippen molar-refractivity contribution < 1.29 is 70.3 Å². The van der Waals surface area contributed by atoms with Gasteiger partial charge < -0.3 is 25.4 Å². The number of aldehydes is 1. The number of aryl methyl sites for hydroxylation is 1. The lowest BCUT2D eigenvalue weighted by Gasteiger charge is -2.32. The van der Waals surface area contributed by atoms with Gasteiger partial charge in [0, 0.05) is 77.4 Å². The normalized spacial score (nSPS) is 18.0. The summed E-state index contributed by atoms with van der Waals surface area (Å²) >= 11 is 43.6. The van der Waals surface area contributed by atoms with Crippen molar-refractivity contribution in [3.05, 3.63) is 237 Å². The fourth-order valence-corrected chi connectivity index (χ4v) is 26.1. The summed E-state index contributed by atoms with van der Waals surface area (Å²) < 4.78 is 146. The molecule has 1 aromatic heterocycles. The van der Waals surface area contributed by atoms with Crippen molar-refractivity contribution in [3.63, 3.8) is 0 Å². The van der Waals surface area contributed by atoms with Crippen molar-refractivity contribution in [1.82, 2.24) is 15.3 Å². The molecule has 3 heterocycles. The monoisotopic (exact) mass is 1930 g/mol. The van der Waals surface area contributed by atoms with Gasteiger partial charge in [0.2, 0.25) is 23.0 Å². The van der Waals surface area contributed by atoms with Crippen LogP contribution in [0, 0.1) is 32.5 Å². The van der Waals surface area contributed by atoms with Gasteiger partial charge in [0.15, 0.2) is 55.5 Å². The average Bonchev–Trinajstić information content (AvgIpc) is 1.54. The van der Waals surface area contributed by atoms with Crippen molar-refractivity contribution in [2.45, 2.75) is 208 Å². The molecule has 2 saturated heterocycles. The van der Waals surface area contributed by atoms with E-state index in [1.54, 1.807) is 54.6 Å². The van der Waals surface area contributed by atoms with E-state index in [1.165, 1.54) is 78.8 Å².